The van der Waals surface area contributed by atoms with E-state index in [0.29, 0.717) is 50.2 Å². The van der Waals surface area contributed by atoms with Gasteiger partial charge in [0.1, 0.15) is 11.9 Å². The molecule has 3 heterocycles. The molecule has 2 aliphatic heterocycles. The molecule has 1 saturated heterocycles. The maximum atomic E-state index is 12.5. The third-order valence-corrected chi connectivity index (χ3v) is 7.81. The van der Waals surface area contributed by atoms with E-state index in [1.54, 1.807) is 4.90 Å². The summed E-state index contributed by atoms with van der Waals surface area (Å²) >= 11 is 6.64. The Hall–Kier alpha value is -3.71. The number of hydrogen-bond acceptors (Lipinski definition) is 7. The molecular weight excluding hydrogens is 526 g/mol. The highest BCUT2D eigenvalue weighted by molar-refractivity contribution is 6.35. The van der Waals surface area contributed by atoms with Crippen molar-refractivity contribution in [2.24, 2.45) is 0 Å². The molecule has 5 rings (SSSR count). The molecule has 0 unspecified atom stereocenters. The van der Waals surface area contributed by atoms with Gasteiger partial charge in [0.15, 0.2) is 0 Å². The van der Waals surface area contributed by atoms with Crippen molar-refractivity contribution < 1.29 is 9.53 Å². The summed E-state index contributed by atoms with van der Waals surface area (Å²) in [6, 6.07) is 11.9. The fraction of sp³-hybridized carbons (Fsp3) is 0.400. The molecule has 0 radical (unpaired) electrons. The van der Waals surface area contributed by atoms with E-state index in [-0.39, 0.29) is 24.6 Å². The molecule has 2 atom stereocenters. The summed E-state index contributed by atoms with van der Waals surface area (Å²) in [7, 11) is 4.05. The van der Waals surface area contributed by atoms with E-state index in [4.69, 9.17) is 32.9 Å². The summed E-state index contributed by atoms with van der Waals surface area (Å²) in [4.78, 5) is 32.0. The Kier molecular flexibility index (Phi) is 8.50. The third kappa shape index (κ3) is 5.75. The average Bonchev–Trinajstić information content (AvgIpc) is 2.96. The predicted molar refractivity (Wildman–Crippen MR) is 159 cm³/mol. The molecule has 1 amide bonds. The van der Waals surface area contributed by atoms with Crippen molar-refractivity contribution >= 4 is 40.0 Å². The van der Waals surface area contributed by atoms with Gasteiger partial charge in [-0.3, -0.25) is 4.79 Å². The number of aromatic nitrogens is 2. The Morgan fingerprint density at radius 1 is 1.27 bits per heavy atom. The minimum absolute atomic E-state index is 0.149. The number of hydrogen-bond donors (Lipinski definition) is 1. The molecular formula is C30H34ClN7O2. The van der Waals surface area contributed by atoms with Crippen molar-refractivity contribution in [2.45, 2.75) is 25.2 Å². The highest BCUT2D eigenvalue weighted by Crippen LogP contribution is 2.39. The largest absolute Gasteiger partial charge is 0.368 e. The molecule has 2 aliphatic rings. The van der Waals surface area contributed by atoms with Gasteiger partial charge >= 0.3 is 0 Å². The van der Waals surface area contributed by atoms with Gasteiger partial charge in [-0.25, -0.2) is 11.6 Å². The van der Waals surface area contributed by atoms with E-state index in [9.17, 15) is 4.79 Å². The quantitative estimate of drug-likeness (QED) is 0.327. The van der Waals surface area contributed by atoms with Crippen LogP contribution in [0.15, 0.2) is 49.1 Å². The van der Waals surface area contributed by atoms with Crippen molar-refractivity contribution in [3.05, 3.63) is 82.3 Å². The van der Waals surface area contributed by atoms with Gasteiger partial charge in [-0.1, -0.05) is 48.5 Å². The molecule has 0 aliphatic carbocycles. The number of anilines is 2. The Labute approximate surface area is 240 Å². The number of halogens is 1. The molecule has 2 aromatic carbocycles. The second-order valence-electron chi connectivity index (χ2n) is 10.4. The van der Waals surface area contributed by atoms with Crippen LogP contribution in [0.1, 0.15) is 22.9 Å². The van der Waals surface area contributed by atoms with Gasteiger partial charge in [0.25, 0.3) is 0 Å². The van der Waals surface area contributed by atoms with Gasteiger partial charge in [0.05, 0.1) is 18.4 Å². The zero-order chi connectivity index (χ0) is 28.2. The average molecular weight is 560 g/mol. The topological polar surface area (TPSA) is 78.2 Å². The van der Waals surface area contributed by atoms with E-state index < -0.39 is 0 Å². The minimum Gasteiger partial charge on any atom is -0.368 e. The second-order valence-corrected chi connectivity index (χ2v) is 10.8. The monoisotopic (exact) mass is 559 g/mol. The summed E-state index contributed by atoms with van der Waals surface area (Å²) in [5.74, 6) is 1.22. The first-order valence-electron chi connectivity index (χ1n) is 13.5. The smallest absolute Gasteiger partial charge is 0.246 e. The number of benzene rings is 2. The number of carbonyl (C=O) groups excluding carboxylic acids is 1. The molecule has 0 bridgehead atoms. The molecule has 1 fully saturated rings. The first-order chi connectivity index (χ1) is 19.4. The zero-order valence-electron chi connectivity index (χ0n) is 22.9. The number of ether oxygens (including phenoxy) is 1. The van der Waals surface area contributed by atoms with Crippen molar-refractivity contribution in [1.82, 2.24) is 19.8 Å². The molecule has 1 N–H and O–H groups in total. The number of carbonyl (C=O) groups is 1. The van der Waals surface area contributed by atoms with Crippen molar-refractivity contribution in [3.63, 3.8) is 0 Å². The summed E-state index contributed by atoms with van der Waals surface area (Å²) in [6.07, 6.45) is 1.70. The molecule has 0 saturated carbocycles. The molecule has 3 aromatic rings. The lowest BCUT2D eigenvalue weighted by atomic mass is 9.94. The Morgan fingerprint density at radius 2 is 2.08 bits per heavy atom. The van der Waals surface area contributed by atoms with Gasteiger partial charge < -0.3 is 29.6 Å². The van der Waals surface area contributed by atoms with Crippen LogP contribution < -0.4 is 10.2 Å². The third-order valence-electron chi connectivity index (χ3n) is 7.50. The van der Waals surface area contributed by atoms with Crippen molar-refractivity contribution in [2.75, 3.05) is 63.6 Å². The van der Waals surface area contributed by atoms with E-state index >= 15 is 0 Å². The Balaban J connectivity index is 1.49. The second kappa shape index (κ2) is 12.2. The fourth-order valence-corrected chi connectivity index (χ4v) is 5.78. The van der Waals surface area contributed by atoms with E-state index in [1.165, 1.54) is 6.08 Å². The van der Waals surface area contributed by atoms with Crippen LogP contribution >= 0.6 is 11.6 Å². The lowest BCUT2D eigenvalue weighted by molar-refractivity contribution is -0.128. The van der Waals surface area contributed by atoms with Crippen LogP contribution in [0.25, 0.3) is 15.6 Å². The number of piperazine rings is 1. The highest BCUT2D eigenvalue weighted by Gasteiger charge is 2.35. The minimum atomic E-state index is -0.248. The van der Waals surface area contributed by atoms with Crippen molar-refractivity contribution in [1.29, 1.82) is 0 Å². The van der Waals surface area contributed by atoms with Gasteiger partial charge in [-0.05, 0) is 37.2 Å². The molecule has 0 spiro atoms. The maximum absolute atomic E-state index is 12.5. The predicted octanol–water partition coefficient (Wildman–Crippen LogP) is 4.19. The van der Waals surface area contributed by atoms with Crippen LogP contribution in [-0.4, -0.2) is 85.1 Å². The van der Waals surface area contributed by atoms with E-state index in [0.717, 1.165) is 40.0 Å². The molecule has 208 valence electrons. The number of amides is 1. The lowest BCUT2D eigenvalue weighted by Gasteiger charge is -2.40. The van der Waals surface area contributed by atoms with Crippen LogP contribution in [0.2, 0.25) is 5.02 Å². The summed E-state index contributed by atoms with van der Waals surface area (Å²) in [5, 5.41) is 6.18. The number of fused-ring (bicyclic) bond motifs is 2. The van der Waals surface area contributed by atoms with Crippen LogP contribution in [0.4, 0.5) is 11.8 Å². The van der Waals surface area contributed by atoms with Crippen molar-refractivity contribution in [3.8, 4) is 0 Å². The van der Waals surface area contributed by atoms with E-state index in [1.807, 2.05) is 32.3 Å². The Bertz CT molecular complexity index is 1450. The van der Waals surface area contributed by atoms with Gasteiger partial charge in [0, 0.05) is 55.1 Å². The maximum Gasteiger partial charge on any atom is 0.246 e. The SMILES string of the molecule is [C-]#[N+]C[C@H]1CN(c2nc(NCCN(C)C)nc3c2CO[C@H](c2cccc4cccc(Cl)c24)C3)CCN1C(=O)C=C. The first-order valence-corrected chi connectivity index (χ1v) is 13.9. The fourth-order valence-electron chi connectivity index (χ4n) is 5.49. The molecule has 40 heavy (non-hydrogen) atoms. The van der Waals surface area contributed by atoms with E-state index in [2.05, 4.69) is 44.7 Å². The molecule has 9 nitrogen and oxygen atoms in total. The lowest BCUT2D eigenvalue weighted by Crippen LogP contribution is -2.56. The number of rotatable bonds is 8. The standard InChI is InChI=1S/C30H34ClN7O2/c1-5-27(39)38-15-14-37(18-21(38)17-32-2)29-23-19-40-26(16-25(23)34-30(35-29)33-12-13-36(3)4)22-10-6-8-20-9-7-11-24(31)28(20)22/h5-11,21,26H,1,12-19H2,3-4H3,(H,33,34,35)/t21-,26-/m0/s1. The van der Waals surface area contributed by atoms with Gasteiger partial charge in [-0.15, -0.1) is 0 Å². The van der Waals surface area contributed by atoms with Crippen LogP contribution in [0.3, 0.4) is 0 Å². The van der Waals surface area contributed by atoms with Crippen LogP contribution in [-0.2, 0) is 22.6 Å². The highest BCUT2D eigenvalue weighted by atomic mass is 35.5. The zero-order valence-corrected chi connectivity index (χ0v) is 23.7. The number of nitrogens with one attached hydrogen (secondary N) is 1. The summed E-state index contributed by atoms with van der Waals surface area (Å²) in [5.41, 5.74) is 2.93. The van der Waals surface area contributed by atoms with Crippen LogP contribution in [0, 0.1) is 6.57 Å². The number of likely N-dealkylation sites (N-methyl/N-ethyl adjacent to an activating group) is 1. The molecule has 1 aromatic heterocycles. The summed E-state index contributed by atoms with van der Waals surface area (Å²) in [6.45, 7) is 14.8. The summed E-state index contributed by atoms with van der Waals surface area (Å²) < 4.78 is 6.47. The number of nitrogens with zero attached hydrogens (tertiary/aromatic N) is 6. The first kappa shape index (κ1) is 27.8. The Morgan fingerprint density at radius 3 is 2.83 bits per heavy atom. The van der Waals surface area contributed by atoms with Gasteiger partial charge in [-0.2, -0.15) is 4.98 Å². The molecule has 10 heteroatoms. The van der Waals surface area contributed by atoms with Gasteiger partial charge in [0.2, 0.25) is 18.4 Å². The van der Waals surface area contributed by atoms with Crippen LogP contribution in [0.5, 0.6) is 0 Å². The normalized spacial score (nSPS) is 18.9.